The van der Waals surface area contributed by atoms with Crippen molar-refractivity contribution in [2.45, 2.75) is 24.9 Å². The first-order valence-corrected chi connectivity index (χ1v) is 11.4. The van der Waals surface area contributed by atoms with Crippen LogP contribution in [-0.4, -0.2) is 46.5 Å². The smallest absolute Gasteiger partial charge is 0.197 e. The van der Waals surface area contributed by atoms with E-state index in [2.05, 4.69) is 55.7 Å². The van der Waals surface area contributed by atoms with E-state index in [0.717, 1.165) is 54.8 Å². The molecule has 4 heterocycles. The van der Waals surface area contributed by atoms with Crippen LogP contribution in [0.25, 0.3) is 22.6 Å². The molecule has 8 heteroatoms. The normalized spacial score (nSPS) is 20.8. The van der Waals surface area contributed by atoms with Crippen LogP contribution in [0.2, 0.25) is 0 Å². The number of nitrogens with zero attached hydrogens (tertiary/aromatic N) is 4. The SMILES string of the molecule is CN1CCNC(c2cnc(-c3oc4cnccc4c3Nc3ccc4c(c3)CCC4N)nc2)C1. The highest BCUT2D eigenvalue weighted by atomic mass is 16.3. The number of nitrogens with two attached hydrogens (primary N) is 1. The monoisotopic (exact) mass is 441 g/mol. The maximum atomic E-state index is 6.21. The zero-order valence-corrected chi connectivity index (χ0v) is 18.6. The van der Waals surface area contributed by atoms with Gasteiger partial charge in [0.2, 0.25) is 0 Å². The summed E-state index contributed by atoms with van der Waals surface area (Å²) in [6.07, 6.45) is 9.28. The summed E-state index contributed by atoms with van der Waals surface area (Å²) in [6, 6.07) is 8.69. The molecule has 6 rings (SSSR count). The summed E-state index contributed by atoms with van der Waals surface area (Å²) >= 11 is 0. The van der Waals surface area contributed by atoms with Crippen LogP contribution in [0.1, 0.15) is 35.2 Å². The minimum absolute atomic E-state index is 0.135. The van der Waals surface area contributed by atoms with Crippen LogP contribution < -0.4 is 16.4 Å². The van der Waals surface area contributed by atoms with Gasteiger partial charge in [-0.25, -0.2) is 9.97 Å². The molecule has 8 nitrogen and oxygen atoms in total. The van der Waals surface area contributed by atoms with E-state index in [1.165, 1.54) is 11.1 Å². The third-order valence-electron chi connectivity index (χ3n) is 6.69. The van der Waals surface area contributed by atoms with Crippen molar-refractivity contribution in [1.82, 2.24) is 25.2 Å². The molecule has 0 amide bonds. The molecule has 2 aliphatic rings. The third kappa shape index (κ3) is 3.76. The van der Waals surface area contributed by atoms with E-state index in [4.69, 9.17) is 10.2 Å². The van der Waals surface area contributed by atoms with Gasteiger partial charge in [0.1, 0.15) is 0 Å². The van der Waals surface area contributed by atoms with Crippen molar-refractivity contribution < 1.29 is 4.42 Å². The van der Waals surface area contributed by atoms with E-state index in [9.17, 15) is 0 Å². The summed E-state index contributed by atoms with van der Waals surface area (Å²) < 4.78 is 6.18. The summed E-state index contributed by atoms with van der Waals surface area (Å²) in [4.78, 5) is 15.9. The summed E-state index contributed by atoms with van der Waals surface area (Å²) in [5.74, 6) is 1.15. The van der Waals surface area contributed by atoms with E-state index >= 15 is 0 Å². The van der Waals surface area contributed by atoms with Crippen LogP contribution in [0.15, 0.2) is 53.5 Å². The number of aromatic nitrogens is 3. The van der Waals surface area contributed by atoms with Crippen molar-refractivity contribution in [3.05, 3.63) is 65.7 Å². The van der Waals surface area contributed by atoms with Gasteiger partial charge in [-0.3, -0.25) is 4.98 Å². The van der Waals surface area contributed by atoms with Crippen molar-refractivity contribution in [3.63, 3.8) is 0 Å². The van der Waals surface area contributed by atoms with E-state index in [1.807, 2.05) is 18.5 Å². The molecule has 1 aliphatic carbocycles. The first-order chi connectivity index (χ1) is 16.2. The summed E-state index contributed by atoms with van der Waals surface area (Å²) in [7, 11) is 2.14. The highest BCUT2D eigenvalue weighted by molar-refractivity contribution is 5.99. The highest BCUT2D eigenvalue weighted by Gasteiger charge is 2.23. The third-order valence-corrected chi connectivity index (χ3v) is 6.69. The molecule has 0 bridgehead atoms. The Hall–Kier alpha value is -3.33. The average Bonchev–Trinajstić information content (AvgIpc) is 3.40. The van der Waals surface area contributed by atoms with E-state index in [0.29, 0.717) is 17.2 Å². The van der Waals surface area contributed by atoms with Crippen molar-refractivity contribution in [3.8, 4) is 11.6 Å². The Kier molecular flexibility index (Phi) is 5.05. The van der Waals surface area contributed by atoms with Crippen LogP contribution in [0, 0.1) is 0 Å². The lowest BCUT2D eigenvalue weighted by atomic mass is 10.1. The number of hydrogen-bond acceptors (Lipinski definition) is 8. The molecule has 0 spiro atoms. The molecule has 1 fully saturated rings. The summed E-state index contributed by atoms with van der Waals surface area (Å²) in [6.45, 7) is 2.94. The van der Waals surface area contributed by atoms with E-state index < -0.39 is 0 Å². The lowest BCUT2D eigenvalue weighted by Crippen LogP contribution is -2.43. The van der Waals surface area contributed by atoms with Gasteiger partial charge < -0.3 is 25.7 Å². The number of fused-ring (bicyclic) bond motifs is 2. The van der Waals surface area contributed by atoms with Gasteiger partial charge in [0.05, 0.1) is 11.9 Å². The van der Waals surface area contributed by atoms with Crippen LogP contribution in [0.3, 0.4) is 0 Å². The lowest BCUT2D eigenvalue weighted by Gasteiger charge is -2.30. The van der Waals surface area contributed by atoms with E-state index in [1.54, 1.807) is 12.4 Å². The number of rotatable bonds is 4. The molecule has 1 aliphatic heterocycles. The maximum absolute atomic E-state index is 6.21. The lowest BCUT2D eigenvalue weighted by molar-refractivity contribution is 0.240. The molecule has 2 unspecified atom stereocenters. The largest absolute Gasteiger partial charge is 0.449 e. The van der Waals surface area contributed by atoms with Crippen molar-refractivity contribution in [1.29, 1.82) is 0 Å². The van der Waals surface area contributed by atoms with Crippen LogP contribution in [-0.2, 0) is 6.42 Å². The number of piperazine rings is 1. The number of benzene rings is 1. The van der Waals surface area contributed by atoms with Crippen LogP contribution >= 0.6 is 0 Å². The van der Waals surface area contributed by atoms with Gasteiger partial charge in [0.15, 0.2) is 17.2 Å². The Morgan fingerprint density at radius 1 is 1.18 bits per heavy atom. The number of anilines is 2. The summed E-state index contributed by atoms with van der Waals surface area (Å²) in [5.41, 5.74) is 12.4. The van der Waals surface area contributed by atoms with Gasteiger partial charge in [0, 0.05) is 66.9 Å². The fourth-order valence-electron chi connectivity index (χ4n) is 4.86. The second-order valence-corrected chi connectivity index (χ2v) is 8.97. The minimum atomic E-state index is 0.135. The minimum Gasteiger partial charge on any atom is -0.449 e. The Morgan fingerprint density at radius 2 is 2.06 bits per heavy atom. The molecular weight excluding hydrogens is 414 g/mol. The molecule has 0 radical (unpaired) electrons. The Labute approximate surface area is 192 Å². The molecule has 3 aromatic heterocycles. The molecule has 4 aromatic rings. The Bertz CT molecular complexity index is 1300. The number of likely N-dealkylation sites (N-methyl/N-ethyl adjacent to an activating group) is 1. The molecule has 1 aromatic carbocycles. The number of aryl methyl sites for hydroxylation is 1. The first kappa shape index (κ1) is 20.3. The maximum Gasteiger partial charge on any atom is 0.197 e. The molecule has 168 valence electrons. The predicted octanol–water partition coefficient (Wildman–Crippen LogP) is 3.55. The number of nitrogens with one attached hydrogen (secondary N) is 2. The van der Waals surface area contributed by atoms with Crippen molar-refractivity contribution >= 4 is 22.3 Å². The van der Waals surface area contributed by atoms with Gasteiger partial charge in [-0.05, 0) is 49.2 Å². The first-order valence-electron chi connectivity index (χ1n) is 11.4. The fourth-order valence-corrected chi connectivity index (χ4v) is 4.86. The molecule has 33 heavy (non-hydrogen) atoms. The number of pyridine rings is 1. The average molecular weight is 442 g/mol. The van der Waals surface area contributed by atoms with Gasteiger partial charge in [-0.15, -0.1) is 0 Å². The topological polar surface area (TPSA) is 105 Å². The standard InChI is InChI=1S/C25H27N7O/c1-32-9-8-28-21(14-32)16-11-29-25(30-12-16)24-23(19-6-7-27-13-22(19)33-24)31-17-3-4-18-15(10-17)2-5-20(18)26/h3-4,6-7,10-13,20-21,28,31H,2,5,8-9,14,26H2,1H3. The zero-order valence-electron chi connectivity index (χ0n) is 18.6. The van der Waals surface area contributed by atoms with Crippen LogP contribution in [0.4, 0.5) is 11.4 Å². The fraction of sp³-hybridized carbons (Fsp3) is 0.320. The van der Waals surface area contributed by atoms with Gasteiger partial charge in [-0.1, -0.05) is 6.07 Å². The second kappa shape index (κ2) is 8.22. The molecular formula is C25H27N7O. The Balaban J connectivity index is 1.35. The molecule has 0 saturated carbocycles. The van der Waals surface area contributed by atoms with Gasteiger partial charge in [-0.2, -0.15) is 0 Å². The van der Waals surface area contributed by atoms with Crippen molar-refractivity contribution in [2.24, 2.45) is 5.73 Å². The highest BCUT2D eigenvalue weighted by Crippen LogP contribution is 2.39. The molecule has 1 saturated heterocycles. The van der Waals surface area contributed by atoms with Crippen molar-refractivity contribution in [2.75, 3.05) is 32.0 Å². The van der Waals surface area contributed by atoms with E-state index in [-0.39, 0.29) is 12.1 Å². The zero-order chi connectivity index (χ0) is 22.4. The predicted molar refractivity (Wildman–Crippen MR) is 128 cm³/mol. The quantitative estimate of drug-likeness (QED) is 0.442. The molecule has 4 N–H and O–H groups in total. The Morgan fingerprint density at radius 3 is 2.91 bits per heavy atom. The summed E-state index contributed by atoms with van der Waals surface area (Å²) in [5, 5.41) is 8.05. The van der Waals surface area contributed by atoms with Gasteiger partial charge >= 0.3 is 0 Å². The second-order valence-electron chi connectivity index (χ2n) is 8.97. The van der Waals surface area contributed by atoms with Crippen LogP contribution in [0.5, 0.6) is 0 Å². The number of furan rings is 1. The number of hydrogen-bond donors (Lipinski definition) is 3. The van der Waals surface area contributed by atoms with Gasteiger partial charge in [0.25, 0.3) is 0 Å². The molecule has 2 atom stereocenters.